The number of aromatic hydroxyl groups is 1. The normalized spacial score (nSPS) is 16.9. The molecule has 0 amide bonds. The molecular weight excluding hydrogens is 312 g/mol. The second-order valence-electron chi connectivity index (χ2n) is 9.29. The van der Waals surface area contributed by atoms with E-state index in [9.17, 15) is 9.90 Å². The Labute approximate surface area is 152 Å². The predicted octanol–water partition coefficient (Wildman–Crippen LogP) is 3.26. The van der Waals surface area contributed by atoms with Crippen LogP contribution in [0.25, 0.3) is 0 Å². The Bertz CT molecular complexity index is 583. The molecule has 4 nitrogen and oxygen atoms in total. The largest absolute Gasteiger partial charge is 0.507 e. The van der Waals surface area contributed by atoms with Gasteiger partial charge in [-0.1, -0.05) is 53.7 Å². The average Bonchev–Trinajstić information content (AvgIpc) is 2.52. The van der Waals surface area contributed by atoms with E-state index in [0.717, 1.165) is 42.9 Å². The number of aryl methyl sites for hydroxylation is 1. The Morgan fingerprint density at radius 3 is 1.96 bits per heavy atom. The van der Waals surface area contributed by atoms with Crippen molar-refractivity contribution in [2.24, 2.45) is 5.92 Å². The number of hydrogen-bond acceptors (Lipinski definition) is 4. The molecule has 1 heterocycles. The maximum atomic E-state index is 12.5. The summed E-state index contributed by atoms with van der Waals surface area (Å²) in [5, 5.41) is 17.2. The molecular formula is C21H34N2O2. The highest BCUT2D eigenvalue weighted by Gasteiger charge is 2.27. The molecule has 1 aromatic carbocycles. The first-order valence-electron chi connectivity index (χ1n) is 9.31. The highest BCUT2D eigenvalue weighted by Crippen LogP contribution is 2.40. The number of Topliss-reactive ketones (excluding diaryl/α,β-unsaturated/α-hetero) is 1. The van der Waals surface area contributed by atoms with Crippen molar-refractivity contribution in [2.75, 3.05) is 19.8 Å². The molecule has 0 aromatic heterocycles. The number of benzene rings is 1. The first kappa shape index (κ1) is 19.9. The van der Waals surface area contributed by atoms with E-state index in [1.165, 1.54) is 0 Å². The molecule has 0 radical (unpaired) electrons. The summed E-state index contributed by atoms with van der Waals surface area (Å²) in [7, 11) is 0. The number of ketones is 1. The Kier molecular flexibility index (Phi) is 5.95. The fraction of sp³-hybridized carbons (Fsp3) is 0.667. The van der Waals surface area contributed by atoms with Crippen molar-refractivity contribution in [1.82, 2.24) is 10.6 Å². The zero-order valence-corrected chi connectivity index (χ0v) is 16.6. The molecule has 1 aliphatic heterocycles. The van der Waals surface area contributed by atoms with Gasteiger partial charge >= 0.3 is 0 Å². The third kappa shape index (κ3) is 5.05. The fourth-order valence-corrected chi connectivity index (χ4v) is 3.33. The van der Waals surface area contributed by atoms with Gasteiger partial charge in [0, 0.05) is 32.1 Å². The maximum absolute atomic E-state index is 12.5. The van der Waals surface area contributed by atoms with Crippen molar-refractivity contribution < 1.29 is 9.90 Å². The summed E-state index contributed by atoms with van der Waals surface area (Å²) in [4.78, 5) is 12.5. The van der Waals surface area contributed by atoms with Crippen LogP contribution in [0.3, 0.4) is 0 Å². The van der Waals surface area contributed by atoms with Gasteiger partial charge in [-0.05, 0) is 33.9 Å². The van der Waals surface area contributed by atoms with Crippen molar-refractivity contribution in [3.8, 4) is 5.75 Å². The molecule has 0 aliphatic carbocycles. The molecule has 3 N–H and O–H groups in total. The van der Waals surface area contributed by atoms with Gasteiger partial charge in [0.2, 0.25) is 0 Å². The smallest absolute Gasteiger partial charge is 0.138 e. The van der Waals surface area contributed by atoms with Crippen molar-refractivity contribution >= 4 is 5.78 Å². The highest BCUT2D eigenvalue weighted by atomic mass is 16.3. The van der Waals surface area contributed by atoms with E-state index in [1.807, 2.05) is 0 Å². The number of carbonyl (C=O) groups excluding carboxylic acids is 1. The molecule has 0 saturated carbocycles. The Morgan fingerprint density at radius 2 is 1.52 bits per heavy atom. The summed E-state index contributed by atoms with van der Waals surface area (Å²) in [6, 6.07) is 4.16. The van der Waals surface area contributed by atoms with E-state index < -0.39 is 0 Å². The third-order valence-corrected chi connectivity index (χ3v) is 4.93. The van der Waals surface area contributed by atoms with Crippen LogP contribution in [0.4, 0.5) is 0 Å². The Balaban J connectivity index is 2.23. The van der Waals surface area contributed by atoms with Crippen LogP contribution < -0.4 is 10.6 Å². The van der Waals surface area contributed by atoms with Gasteiger partial charge < -0.3 is 15.7 Å². The highest BCUT2D eigenvalue weighted by molar-refractivity contribution is 5.81. The second kappa shape index (κ2) is 7.46. The Hall–Kier alpha value is -1.39. The molecule has 140 valence electrons. The van der Waals surface area contributed by atoms with Gasteiger partial charge in [0.15, 0.2) is 0 Å². The van der Waals surface area contributed by atoms with E-state index in [-0.39, 0.29) is 16.7 Å². The molecule has 0 atom stereocenters. The lowest BCUT2D eigenvalue weighted by Crippen LogP contribution is -2.46. The van der Waals surface area contributed by atoms with Crippen LogP contribution in [0.2, 0.25) is 0 Å². The minimum atomic E-state index is -0.138. The summed E-state index contributed by atoms with van der Waals surface area (Å²) in [6.45, 7) is 15.0. The van der Waals surface area contributed by atoms with Gasteiger partial charge in [0.1, 0.15) is 11.5 Å². The third-order valence-electron chi connectivity index (χ3n) is 4.93. The van der Waals surface area contributed by atoms with Crippen molar-refractivity contribution in [3.63, 3.8) is 0 Å². The van der Waals surface area contributed by atoms with Crippen LogP contribution in [0.1, 0.15) is 64.7 Å². The lowest BCUT2D eigenvalue weighted by atomic mass is 9.78. The van der Waals surface area contributed by atoms with E-state index in [0.29, 0.717) is 18.0 Å². The number of nitrogens with one attached hydrogen (secondary N) is 2. The zero-order chi connectivity index (χ0) is 18.8. The van der Waals surface area contributed by atoms with Crippen molar-refractivity contribution in [3.05, 3.63) is 28.8 Å². The molecule has 0 unspecified atom stereocenters. The lowest BCUT2D eigenvalue weighted by molar-refractivity contribution is -0.123. The van der Waals surface area contributed by atoms with Gasteiger partial charge in [-0.3, -0.25) is 4.79 Å². The molecule has 1 saturated heterocycles. The SMILES string of the molecule is CC(C)(C)c1cc(CCC(=O)C2CNCNC2)cc(C(C)(C)C)c1O. The van der Waals surface area contributed by atoms with Gasteiger partial charge in [0.25, 0.3) is 0 Å². The summed E-state index contributed by atoms with van der Waals surface area (Å²) in [6.07, 6.45) is 1.27. The van der Waals surface area contributed by atoms with Gasteiger partial charge in [-0.2, -0.15) is 0 Å². The van der Waals surface area contributed by atoms with Crippen LogP contribution in [-0.4, -0.2) is 30.6 Å². The molecule has 2 rings (SSSR count). The lowest BCUT2D eigenvalue weighted by Gasteiger charge is -2.28. The fourth-order valence-electron chi connectivity index (χ4n) is 3.33. The van der Waals surface area contributed by atoms with E-state index in [1.54, 1.807) is 0 Å². The van der Waals surface area contributed by atoms with Crippen molar-refractivity contribution in [1.29, 1.82) is 0 Å². The number of rotatable bonds is 4. The monoisotopic (exact) mass is 346 g/mol. The first-order valence-corrected chi connectivity index (χ1v) is 9.31. The standard InChI is InChI=1S/C21H34N2O2/c1-20(2,3)16-9-14(10-17(19(16)25)21(4,5)6)7-8-18(24)15-11-22-13-23-12-15/h9-10,15,22-23,25H,7-8,11-13H2,1-6H3. The number of phenols is 1. The quantitative estimate of drug-likeness (QED) is 0.783. The first-order chi connectivity index (χ1) is 11.5. The predicted molar refractivity (Wildman–Crippen MR) is 103 cm³/mol. The molecule has 0 bridgehead atoms. The number of phenolic OH excluding ortho intramolecular Hbond substituents is 1. The molecule has 4 heteroatoms. The molecule has 25 heavy (non-hydrogen) atoms. The number of hydrogen-bond donors (Lipinski definition) is 3. The second-order valence-corrected chi connectivity index (χ2v) is 9.29. The Morgan fingerprint density at radius 1 is 1.04 bits per heavy atom. The van der Waals surface area contributed by atoms with Crippen LogP contribution in [0.15, 0.2) is 12.1 Å². The molecule has 1 fully saturated rings. The molecule has 0 spiro atoms. The van der Waals surface area contributed by atoms with E-state index >= 15 is 0 Å². The van der Waals surface area contributed by atoms with Crippen LogP contribution >= 0.6 is 0 Å². The van der Waals surface area contributed by atoms with Crippen LogP contribution in [0, 0.1) is 5.92 Å². The summed E-state index contributed by atoms with van der Waals surface area (Å²) >= 11 is 0. The molecule has 1 aromatic rings. The van der Waals surface area contributed by atoms with Crippen molar-refractivity contribution in [2.45, 2.75) is 65.2 Å². The van der Waals surface area contributed by atoms with Gasteiger partial charge in [-0.25, -0.2) is 0 Å². The van der Waals surface area contributed by atoms with E-state index in [2.05, 4.69) is 64.3 Å². The minimum absolute atomic E-state index is 0.0649. The molecule has 1 aliphatic rings. The van der Waals surface area contributed by atoms with E-state index in [4.69, 9.17) is 0 Å². The topological polar surface area (TPSA) is 61.4 Å². The summed E-state index contributed by atoms with van der Waals surface area (Å²) < 4.78 is 0. The van der Waals surface area contributed by atoms with Crippen LogP contribution in [0.5, 0.6) is 5.75 Å². The zero-order valence-electron chi connectivity index (χ0n) is 16.6. The minimum Gasteiger partial charge on any atom is -0.507 e. The summed E-state index contributed by atoms with van der Waals surface area (Å²) in [5.74, 6) is 0.771. The summed E-state index contributed by atoms with van der Waals surface area (Å²) in [5.41, 5.74) is 2.78. The van der Waals surface area contributed by atoms with Gasteiger partial charge in [-0.15, -0.1) is 0 Å². The average molecular weight is 347 g/mol. The van der Waals surface area contributed by atoms with Gasteiger partial charge in [0.05, 0.1) is 0 Å². The maximum Gasteiger partial charge on any atom is 0.138 e. The van der Waals surface area contributed by atoms with Crippen LogP contribution in [-0.2, 0) is 22.0 Å². The number of carbonyl (C=O) groups is 1.